The summed E-state index contributed by atoms with van der Waals surface area (Å²) >= 11 is 0. The molecule has 2 rings (SSSR count). The predicted octanol–water partition coefficient (Wildman–Crippen LogP) is 2.53. The van der Waals surface area contributed by atoms with E-state index in [0.29, 0.717) is 12.7 Å². The first kappa shape index (κ1) is 11.3. The number of anilines is 1. The zero-order valence-electron chi connectivity index (χ0n) is 9.74. The van der Waals surface area contributed by atoms with Crippen LogP contribution in [0.15, 0.2) is 18.2 Å². The molecule has 1 aromatic rings. The Morgan fingerprint density at radius 2 is 2.38 bits per heavy atom. The number of rotatable bonds is 4. The van der Waals surface area contributed by atoms with Gasteiger partial charge in [-0.2, -0.15) is 0 Å². The minimum absolute atomic E-state index is 0.398. The number of nitrogen functional groups attached to an aromatic ring is 1. The third-order valence-electron chi connectivity index (χ3n) is 2.97. The average molecular weight is 221 g/mol. The summed E-state index contributed by atoms with van der Waals surface area (Å²) in [6.45, 7) is 3.61. The highest BCUT2D eigenvalue weighted by molar-refractivity contribution is 5.49. The average Bonchev–Trinajstić information content (AvgIpc) is 2.76. The van der Waals surface area contributed by atoms with Gasteiger partial charge in [0.05, 0.1) is 12.7 Å². The van der Waals surface area contributed by atoms with Gasteiger partial charge in [0.25, 0.3) is 0 Å². The van der Waals surface area contributed by atoms with Crippen molar-refractivity contribution in [2.24, 2.45) is 0 Å². The van der Waals surface area contributed by atoms with Crippen LogP contribution >= 0.6 is 0 Å². The van der Waals surface area contributed by atoms with Crippen LogP contribution in [0.4, 0.5) is 5.69 Å². The molecule has 0 radical (unpaired) electrons. The molecule has 1 unspecified atom stereocenters. The zero-order chi connectivity index (χ0) is 11.4. The van der Waals surface area contributed by atoms with Crippen molar-refractivity contribution < 1.29 is 9.47 Å². The number of hydrogen-bond acceptors (Lipinski definition) is 3. The van der Waals surface area contributed by atoms with Crippen LogP contribution in [0.1, 0.15) is 24.8 Å². The monoisotopic (exact) mass is 221 g/mol. The third kappa shape index (κ3) is 2.89. The Hall–Kier alpha value is -1.22. The van der Waals surface area contributed by atoms with Crippen LogP contribution in [0.3, 0.4) is 0 Å². The molecule has 1 aromatic carbocycles. The van der Waals surface area contributed by atoms with Gasteiger partial charge < -0.3 is 15.2 Å². The second kappa shape index (κ2) is 5.21. The summed E-state index contributed by atoms with van der Waals surface area (Å²) in [4.78, 5) is 0. The Bertz CT molecular complexity index is 346. The third-order valence-corrected chi connectivity index (χ3v) is 2.97. The first-order valence-electron chi connectivity index (χ1n) is 5.86. The van der Waals surface area contributed by atoms with Gasteiger partial charge >= 0.3 is 0 Å². The molecule has 1 aliphatic heterocycles. The van der Waals surface area contributed by atoms with Gasteiger partial charge in [-0.3, -0.25) is 0 Å². The van der Waals surface area contributed by atoms with Crippen LogP contribution in [-0.4, -0.2) is 19.3 Å². The fourth-order valence-corrected chi connectivity index (χ4v) is 1.92. The molecule has 3 heteroatoms. The fourth-order valence-electron chi connectivity index (χ4n) is 1.92. The Balaban J connectivity index is 1.78. The molecule has 1 fully saturated rings. The predicted molar refractivity (Wildman–Crippen MR) is 64.7 cm³/mol. The number of nitrogens with two attached hydrogens (primary N) is 1. The van der Waals surface area contributed by atoms with E-state index in [0.717, 1.165) is 30.0 Å². The smallest absolute Gasteiger partial charge is 0.119 e. The summed E-state index contributed by atoms with van der Waals surface area (Å²) in [5.41, 5.74) is 7.62. The van der Waals surface area contributed by atoms with Crippen LogP contribution in [0.25, 0.3) is 0 Å². The maximum atomic E-state index is 5.74. The Morgan fingerprint density at radius 1 is 1.50 bits per heavy atom. The van der Waals surface area contributed by atoms with Gasteiger partial charge in [0, 0.05) is 18.7 Å². The molecule has 0 aromatic heterocycles. The lowest BCUT2D eigenvalue weighted by Crippen LogP contribution is -2.10. The molecular formula is C13H19NO2. The molecule has 0 saturated carbocycles. The summed E-state index contributed by atoms with van der Waals surface area (Å²) in [5.74, 6) is 0.893. The molecule has 0 spiro atoms. The SMILES string of the molecule is Cc1cc(OCCC2CCCO2)ccc1N. The topological polar surface area (TPSA) is 44.5 Å². The zero-order valence-corrected chi connectivity index (χ0v) is 9.74. The molecule has 1 atom stereocenters. The first-order valence-corrected chi connectivity index (χ1v) is 5.86. The van der Waals surface area contributed by atoms with Crippen molar-refractivity contribution in [1.29, 1.82) is 0 Å². The molecule has 0 aliphatic carbocycles. The first-order chi connectivity index (χ1) is 7.75. The van der Waals surface area contributed by atoms with E-state index in [-0.39, 0.29) is 0 Å². The fraction of sp³-hybridized carbons (Fsp3) is 0.538. The van der Waals surface area contributed by atoms with Crippen molar-refractivity contribution in [2.45, 2.75) is 32.3 Å². The summed E-state index contributed by atoms with van der Waals surface area (Å²) in [6, 6.07) is 5.78. The molecule has 2 N–H and O–H groups in total. The Labute approximate surface area is 96.5 Å². The number of benzene rings is 1. The molecule has 1 heterocycles. The Morgan fingerprint density at radius 3 is 3.06 bits per heavy atom. The van der Waals surface area contributed by atoms with Crippen molar-refractivity contribution in [1.82, 2.24) is 0 Å². The Kier molecular flexibility index (Phi) is 3.67. The minimum atomic E-state index is 0.398. The van der Waals surface area contributed by atoms with Gasteiger partial charge in [0.2, 0.25) is 0 Å². The highest BCUT2D eigenvalue weighted by atomic mass is 16.5. The second-order valence-electron chi connectivity index (χ2n) is 4.29. The van der Waals surface area contributed by atoms with Crippen molar-refractivity contribution in [3.05, 3.63) is 23.8 Å². The van der Waals surface area contributed by atoms with Gasteiger partial charge in [-0.25, -0.2) is 0 Å². The van der Waals surface area contributed by atoms with Gasteiger partial charge in [-0.05, 0) is 43.5 Å². The number of hydrogen-bond donors (Lipinski definition) is 1. The van der Waals surface area contributed by atoms with Crippen LogP contribution in [0, 0.1) is 6.92 Å². The number of aryl methyl sites for hydroxylation is 1. The van der Waals surface area contributed by atoms with Gasteiger partial charge in [-0.15, -0.1) is 0 Å². The van der Waals surface area contributed by atoms with Crippen molar-refractivity contribution >= 4 is 5.69 Å². The molecule has 1 saturated heterocycles. The summed E-state index contributed by atoms with van der Waals surface area (Å²) in [7, 11) is 0. The lowest BCUT2D eigenvalue weighted by Gasteiger charge is -2.11. The quantitative estimate of drug-likeness (QED) is 0.794. The van der Waals surface area contributed by atoms with Gasteiger partial charge in [0.15, 0.2) is 0 Å². The molecule has 1 aliphatic rings. The minimum Gasteiger partial charge on any atom is -0.493 e. The molecule has 3 nitrogen and oxygen atoms in total. The van der Waals surface area contributed by atoms with Crippen molar-refractivity contribution in [3.8, 4) is 5.75 Å². The van der Waals surface area contributed by atoms with E-state index >= 15 is 0 Å². The van der Waals surface area contributed by atoms with Gasteiger partial charge in [0.1, 0.15) is 5.75 Å². The second-order valence-corrected chi connectivity index (χ2v) is 4.29. The van der Waals surface area contributed by atoms with Gasteiger partial charge in [-0.1, -0.05) is 0 Å². The van der Waals surface area contributed by atoms with E-state index in [1.165, 1.54) is 12.8 Å². The van der Waals surface area contributed by atoms with Crippen LogP contribution in [0.5, 0.6) is 5.75 Å². The number of ether oxygens (including phenoxy) is 2. The van der Waals surface area contributed by atoms with Crippen LogP contribution < -0.4 is 10.5 Å². The standard InChI is InChI=1S/C13H19NO2/c1-10-9-12(4-5-13(10)14)16-8-6-11-3-2-7-15-11/h4-5,9,11H,2-3,6-8,14H2,1H3. The summed E-state index contributed by atoms with van der Waals surface area (Å²) < 4.78 is 11.2. The molecular weight excluding hydrogens is 202 g/mol. The molecule has 0 bridgehead atoms. The summed E-state index contributed by atoms with van der Waals surface area (Å²) in [5, 5.41) is 0. The lowest BCUT2D eigenvalue weighted by atomic mass is 10.2. The van der Waals surface area contributed by atoms with E-state index in [2.05, 4.69) is 0 Å². The highest BCUT2D eigenvalue weighted by Gasteiger charge is 2.14. The van der Waals surface area contributed by atoms with Crippen LogP contribution in [0.2, 0.25) is 0 Å². The van der Waals surface area contributed by atoms with E-state index < -0.39 is 0 Å². The lowest BCUT2D eigenvalue weighted by molar-refractivity contribution is 0.0903. The van der Waals surface area contributed by atoms with Crippen molar-refractivity contribution in [3.63, 3.8) is 0 Å². The summed E-state index contributed by atoms with van der Waals surface area (Å²) in [6.07, 6.45) is 3.73. The molecule has 88 valence electrons. The highest BCUT2D eigenvalue weighted by Crippen LogP contribution is 2.20. The largest absolute Gasteiger partial charge is 0.493 e. The van der Waals surface area contributed by atoms with Crippen molar-refractivity contribution in [2.75, 3.05) is 18.9 Å². The normalized spacial score (nSPS) is 19.9. The van der Waals surface area contributed by atoms with Crippen LogP contribution in [-0.2, 0) is 4.74 Å². The maximum Gasteiger partial charge on any atom is 0.119 e. The van der Waals surface area contributed by atoms with E-state index in [1.54, 1.807) is 0 Å². The molecule has 16 heavy (non-hydrogen) atoms. The van der Waals surface area contributed by atoms with E-state index in [1.807, 2.05) is 25.1 Å². The van der Waals surface area contributed by atoms with E-state index in [4.69, 9.17) is 15.2 Å². The molecule has 0 amide bonds. The van der Waals surface area contributed by atoms with E-state index in [9.17, 15) is 0 Å². The maximum absolute atomic E-state index is 5.74.